The summed E-state index contributed by atoms with van der Waals surface area (Å²) in [5, 5.41) is 1.08. The fourth-order valence-corrected chi connectivity index (χ4v) is 1.65. The van der Waals surface area contributed by atoms with Crippen LogP contribution in [0.5, 0.6) is 0 Å². The summed E-state index contributed by atoms with van der Waals surface area (Å²) in [6.45, 7) is 2.32. The van der Waals surface area contributed by atoms with Crippen molar-refractivity contribution in [2.75, 3.05) is 32.3 Å². The van der Waals surface area contributed by atoms with Gasteiger partial charge in [0.05, 0.1) is 19.8 Å². The molecule has 0 spiro atoms. The topological polar surface area (TPSA) is 18.5 Å². The lowest BCUT2D eigenvalue weighted by molar-refractivity contribution is 0.0504. The Kier molecular flexibility index (Phi) is 3.82. The van der Waals surface area contributed by atoms with Gasteiger partial charge >= 0.3 is 0 Å². The molecule has 1 fully saturated rings. The van der Waals surface area contributed by atoms with E-state index < -0.39 is 0 Å². The highest BCUT2D eigenvalue weighted by Crippen LogP contribution is 2.47. The Hall–Kier alpha value is 0.400. The van der Waals surface area contributed by atoms with Crippen LogP contribution in [-0.2, 0) is 9.47 Å². The standard InChI is InChI=1S/C8H15BrO2/c1-10-4-5-11-7-8(6-9)2-3-8/h2-7H2,1H3. The van der Waals surface area contributed by atoms with Crippen molar-refractivity contribution >= 4 is 15.9 Å². The van der Waals surface area contributed by atoms with E-state index in [4.69, 9.17) is 9.47 Å². The van der Waals surface area contributed by atoms with E-state index in [1.807, 2.05) is 0 Å². The minimum atomic E-state index is 0.480. The van der Waals surface area contributed by atoms with Gasteiger partial charge in [0, 0.05) is 17.9 Å². The first-order chi connectivity index (χ1) is 5.33. The maximum Gasteiger partial charge on any atom is 0.0700 e. The van der Waals surface area contributed by atoms with Crippen molar-refractivity contribution in [3.05, 3.63) is 0 Å². The quantitative estimate of drug-likeness (QED) is 0.505. The highest BCUT2D eigenvalue weighted by molar-refractivity contribution is 9.09. The maximum absolute atomic E-state index is 5.44. The Bertz CT molecular complexity index is 113. The molecule has 0 aliphatic heterocycles. The normalized spacial score (nSPS) is 20.2. The molecular weight excluding hydrogens is 208 g/mol. The minimum absolute atomic E-state index is 0.480. The average molecular weight is 223 g/mol. The summed E-state index contributed by atoms with van der Waals surface area (Å²) in [6, 6.07) is 0. The maximum atomic E-state index is 5.44. The highest BCUT2D eigenvalue weighted by Gasteiger charge is 2.41. The molecule has 0 bridgehead atoms. The number of hydrogen-bond acceptors (Lipinski definition) is 2. The third kappa shape index (κ3) is 3.09. The summed E-state index contributed by atoms with van der Waals surface area (Å²) in [5.41, 5.74) is 0.480. The van der Waals surface area contributed by atoms with Crippen LogP contribution in [0.4, 0.5) is 0 Å². The number of hydrogen-bond donors (Lipinski definition) is 0. The van der Waals surface area contributed by atoms with Gasteiger partial charge in [-0.05, 0) is 12.8 Å². The van der Waals surface area contributed by atoms with Crippen molar-refractivity contribution in [3.63, 3.8) is 0 Å². The van der Waals surface area contributed by atoms with E-state index in [0.29, 0.717) is 12.0 Å². The smallest absolute Gasteiger partial charge is 0.0700 e. The van der Waals surface area contributed by atoms with Crippen LogP contribution in [0, 0.1) is 5.41 Å². The Morgan fingerprint density at radius 3 is 2.55 bits per heavy atom. The molecule has 1 rings (SSSR count). The van der Waals surface area contributed by atoms with Gasteiger partial charge in [-0.3, -0.25) is 0 Å². The molecule has 0 N–H and O–H groups in total. The van der Waals surface area contributed by atoms with Crippen LogP contribution in [0.25, 0.3) is 0 Å². The number of methoxy groups -OCH3 is 1. The molecule has 0 heterocycles. The first-order valence-electron chi connectivity index (χ1n) is 3.96. The molecule has 1 saturated carbocycles. The molecule has 0 radical (unpaired) electrons. The van der Waals surface area contributed by atoms with Crippen LogP contribution < -0.4 is 0 Å². The average Bonchev–Trinajstić information content (AvgIpc) is 2.80. The molecular formula is C8H15BrO2. The van der Waals surface area contributed by atoms with E-state index in [-0.39, 0.29) is 0 Å². The van der Waals surface area contributed by atoms with Crippen LogP contribution >= 0.6 is 15.9 Å². The second kappa shape index (κ2) is 4.43. The number of alkyl halides is 1. The second-order valence-electron chi connectivity index (χ2n) is 3.18. The Labute approximate surface area is 76.4 Å². The molecule has 0 saturated heterocycles. The number of halogens is 1. The van der Waals surface area contributed by atoms with Crippen LogP contribution in [-0.4, -0.2) is 32.3 Å². The van der Waals surface area contributed by atoms with E-state index in [1.165, 1.54) is 12.8 Å². The zero-order valence-corrected chi connectivity index (χ0v) is 8.52. The fourth-order valence-electron chi connectivity index (χ4n) is 0.924. The Balaban J connectivity index is 1.94. The summed E-state index contributed by atoms with van der Waals surface area (Å²) >= 11 is 3.49. The third-order valence-electron chi connectivity index (χ3n) is 2.08. The van der Waals surface area contributed by atoms with Crippen molar-refractivity contribution in [3.8, 4) is 0 Å². The minimum Gasteiger partial charge on any atom is -0.382 e. The fraction of sp³-hybridized carbons (Fsp3) is 1.00. The summed E-state index contributed by atoms with van der Waals surface area (Å²) in [4.78, 5) is 0. The Morgan fingerprint density at radius 1 is 1.36 bits per heavy atom. The van der Waals surface area contributed by atoms with Crippen molar-refractivity contribution in [1.82, 2.24) is 0 Å². The third-order valence-corrected chi connectivity index (χ3v) is 3.27. The first kappa shape index (κ1) is 9.49. The van der Waals surface area contributed by atoms with E-state index in [2.05, 4.69) is 15.9 Å². The van der Waals surface area contributed by atoms with Crippen LogP contribution in [0.15, 0.2) is 0 Å². The molecule has 1 aliphatic carbocycles. The molecule has 0 unspecified atom stereocenters. The zero-order valence-electron chi connectivity index (χ0n) is 6.94. The van der Waals surface area contributed by atoms with Gasteiger partial charge in [-0.2, -0.15) is 0 Å². The van der Waals surface area contributed by atoms with Gasteiger partial charge in [0.2, 0.25) is 0 Å². The number of ether oxygens (including phenoxy) is 2. The van der Waals surface area contributed by atoms with Crippen molar-refractivity contribution in [2.24, 2.45) is 5.41 Å². The van der Waals surface area contributed by atoms with Gasteiger partial charge in [-0.25, -0.2) is 0 Å². The second-order valence-corrected chi connectivity index (χ2v) is 3.74. The van der Waals surface area contributed by atoms with Crippen molar-refractivity contribution < 1.29 is 9.47 Å². The lowest BCUT2D eigenvalue weighted by atomic mass is 10.2. The molecule has 0 aromatic heterocycles. The molecule has 1 aliphatic rings. The van der Waals surface area contributed by atoms with Gasteiger partial charge in [0.15, 0.2) is 0 Å². The van der Waals surface area contributed by atoms with Crippen LogP contribution in [0.2, 0.25) is 0 Å². The molecule has 2 nitrogen and oxygen atoms in total. The molecule has 66 valence electrons. The van der Waals surface area contributed by atoms with E-state index in [1.54, 1.807) is 7.11 Å². The van der Waals surface area contributed by atoms with Gasteiger partial charge < -0.3 is 9.47 Å². The Morgan fingerprint density at radius 2 is 2.09 bits per heavy atom. The van der Waals surface area contributed by atoms with E-state index in [9.17, 15) is 0 Å². The van der Waals surface area contributed by atoms with Crippen LogP contribution in [0.1, 0.15) is 12.8 Å². The lowest BCUT2D eigenvalue weighted by Gasteiger charge is -2.10. The van der Waals surface area contributed by atoms with Crippen molar-refractivity contribution in [1.29, 1.82) is 0 Å². The van der Waals surface area contributed by atoms with Gasteiger partial charge in [-0.15, -0.1) is 0 Å². The monoisotopic (exact) mass is 222 g/mol. The molecule has 3 heteroatoms. The zero-order chi connectivity index (χ0) is 8.16. The summed E-state index contributed by atoms with van der Waals surface area (Å²) < 4.78 is 10.3. The van der Waals surface area contributed by atoms with E-state index >= 15 is 0 Å². The van der Waals surface area contributed by atoms with Crippen molar-refractivity contribution in [2.45, 2.75) is 12.8 Å². The summed E-state index contributed by atoms with van der Waals surface area (Å²) in [7, 11) is 1.70. The highest BCUT2D eigenvalue weighted by atomic mass is 79.9. The number of rotatable bonds is 6. The van der Waals surface area contributed by atoms with E-state index in [0.717, 1.165) is 18.5 Å². The predicted octanol–water partition coefficient (Wildman–Crippen LogP) is 1.82. The van der Waals surface area contributed by atoms with Gasteiger partial charge in [0.1, 0.15) is 0 Å². The molecule has 0 aromatic rings. The van der Waals surface area contributed by atoms with Gasteiger partial charge in [0.25, 0.3) is 0 Å². The molecule has 0 atom stereocenters. The molecule has 0 amide bonds. The first-order valence-corrected chi connectivity index (χ1v) is 5.08. The van der Waals surface area contributed by atoms with Crippen LogP contribution in [0.3, 0.4) is 0 Å². The summed E-state index contributed by atoms with van der Waals surface area (Å²) in [6.07, 6.45) is 2.62. The largest absolute Gasteiger partial charge is 0.382 e. The molecule has 0 aromatic carbocycles. The lowest BCUT2D eigenvalue weighted by Crippen LogP contribution is -2.14. The predicted molar refractivity (Wildman–Crippen MR) is 48.2 cm³/mol. The summed E-state index contributed by atoms with van der Waals surface area (Å²) in [5.74, 6) is 0. The van der Waals surface area contributed by atoms with Gasteiger partial charge in [-0.1, -0.05) is 15.9 Å². The molecule has 11 heavy (non-hydrogen) atoms. The SMILES string of the molecule is COCCOCC1(CBr)CC1.